The summed E-state index contributed by atoms with van der Waals surface area (Å²) < 4.78 is 0. The summed E-state index contributed by atoms with van der Waals surface area (Å²) in [6, 6.07) is 6.52. The van der Waals surface area contributed by atoms with Crippen molar-refractivity contribution in [3.8, 4) is 0 Å². The van der Waals surface area contributed by atoms with E-state index in [1.165, 1.54) is 16.7 Å². The van der Waals surface area contributed by atoms with Gasteiger partial charge in [-0.3, -0.25) is 4.79 Å². The molecule has 1 aliphatic rings. The lowest BCUT2D eigenvalue weighted by Gasteiger charge is -2.45. The first kappa shape index (κ1) is 11.2. The third kappa shape index (κ3) is 1.73. The zero-order chi connectivity index (χ0) is 11.9. The molecule has 2 rings (SSSR count). The maximum Gasteiger partial charge on any atom is 0.225 e. The van der Waals surface area contributed by atoms with Crippen LogP contribution in [0.5, 0.6) is 0 Å². The van der Waals surface area contributed by atoms with E-state index < -0.39 is 0 Å². The van der Waals surface area contributed by atoms with E-state index in [1.807, 2.05) is 4.90 Å². The molecule has 0 saturated carbocycles. The first-order valence-electron chi connectivity index (χ1n) is 5.80. The van der Waals surface area contributed by atoms with Crippen LogP contribution >= 0.6 is 0 Å². The van der Waals surface area contributed by atoms with Crippen LogP contribution in [0.25, 0.3) is 0 Å². The number of likely N-dealkylation sites (tertiary alicyclic amines) is 1. The van der Waals surface area contributed by atoms with Crippen molar-refractivity contribution in [1.29, 1.82) is 0 Å². The number of carbonyl (C=O) groups excluding carboxylic acids is 1. The van der Waals surface area contributed by atoms with Crippen molar-refractivity contribution in [1.82, 2.24) is 4.90 Å². The number of rotatable bonds is 2. The molecular formula is C14H19NO. The number of amides is 1. The van der Waals surface area contributed by atoms with Crippen LogP contribution in [0.15, 0.2) is 18.2 Å². The molecule has 0 aliphatic carbocycles. The normalized spacial score (nSPS) is 16.2. The molecular weight excluding hydrogens is 198 g/mol. The van der Waals surface area contributed by atoms with Gasteiger partial charge in [-0.25, -0.2) is 0 Å². The fourth-order valence-electron chi connectivity index (χ4n) is 2.39. The Morgan fingerprint density at radius 1 is 1.12 bits per heavy atom. The molecule has 1 aliphatic heterocycles. The van der Waals surface area contributed by atoms with Crippen molar-refractivity contribution < 1.29 is 4.79 Å². The average Bonchev–Trinajstić information content (AvgIpc) is 2.13. The van der Waals surface area contributed by atoms with Crippen LogP contribution in [0.3, 0.4) is 0 Å². The zero-order valence-electron chi connectivity index (χ0n) is 10.5. The maximum absolute atomic E-state index is 11.5. The smallest absolute Gasteiger partial charge is 0.225 e. The predicted octanol–water partition coefficient (Wildman–Crippen LogP) is 2.77. The van der Waals surface area contributed by atoms with Crippen LogP contribution in [0.1, 0.15) is 37.0 Å². The van der Waals surface area contributed by atoms with Gasteiger partial charge in [0.1, 0.15) is 0 Å². The van der Waals surface area contributed by atoms with Crippen molar-refractivity contribution in [2.24, 2.45) is 0 Å². The molecule has 1 saturated heterocycles. The van der Waals surface area contributed by atoms with Gasteiger partial charge in [0.2, 0.25) is 5.91 Å². The predicted molar refractivity (Wildman–Crippen MR) is 65.3 cm³/mol. The van der Waals surface area contributed by atoms with Gasteiger partial charge in [-0.2, -0.15) is 0 Å². The molecule has 0 N–H and O–H groups in total. The molecule has 0 aromatic heterocycles. The standard InChI is InChI=1S/C14H19NO/c1-10-7-11(2)9-12(8-10)14(3,4)15-6-5-13(15)16/h7-9H,5-6H2,1-4H3. The summed E-state index contributed by atoms with van der Waals surface area (Å²) in [6.45, 7) is 9.34. The van der Waals surface area contributed by atoms with Crippen LogP contribution in [0, 0.1) is 13.8 Å². The summed E-state index contributed by atoms with van der Waals surface area (Å²) in [6.07, 6.45) is 0.703. The molecule has 0 bridgehead atoms. The molecule has 86 valence electrons. The minimum atomic E-state index is -0.174. The number of hydrogen-bond acceptors (Lipinski definition) is 1. The van der Waals surface area contributed by atoms with Crippen molar-refractivity contribution in [3.63, 3.8) is 0 Å². The highest BCUT2D eigenvalue weighted by molar-refractivity contribution is 5.82. The van der Waals surface area contributed by atoms with E-state index in [0.29, 0.717) is 6.42 Å². The van der Waals surface area contributed by atoms with Crippen LogP contribution in [0.2, 0.25) is 0 Å². The van der Waals surface area contributed by atoms with E-state index in [0.717, 1.165) is 6.54 Å². The molecule has 0 atom stereocenters. The second-order valence-corrected chi connectivity index (χ2v) is 5.23. The highest BCUT2D eigenvalue weighted by Crippen LogP contribution is 2.33. The van der Waals surface area contributed by atoms with E-state index in [9.17, 15) is 4.79 Å². The van der Waals surface area contributed by atoms with E-state index >= 15 is 0 Å². The number of aryl methyl sites for hydroxylation is 2. The number of carbonyl (C=O) groups is 1. The fraction of sp³-hybridized carbons (Fsp3) is 0.500. The van der Waals surface area contributed by atoms with Gasteiger partial charge in [0.25, 0.3) is 0 Å². The van der Waals surface area contributed by atoms with Gasteiger partial charge in [0.15, 0.2) is 0 Å². The zero-order valence-corrected chi connectivity index (χ0v) is 10.5. The SMILES string of the molecule is Cc1cc(C)cc(C(C)(C)N2CCC2=O)c1. The molecule has 0 spiro atoms. The molecule has 0 unspecified atom stereocenters. The van der Waals surface area contributed by atoms with Crippen LogP contribution < -0.4 is 0 Å². The number of hydrogen-bond donors (Lipinski definition) is 0. The number of β-lactam (4-membered cyclic amide) rings is 1. The molecule has 16 heavy (non-hydrogen) atoms. The molecule has 1 aromatic carbocycles. The Morgan fingerprint density at radius 2 is 1.69 bits per heavy atom. The van der Waals surface area contributed by atoms with E-state index in [1.54, 1.807) is 0 Å². The maximum atomic E-state index is 11.5. The first-order valence-corrected chi connectivity index (χ1v) is 5.80. The van der Waals surface area contributed by atoms with Crippen LogP contribution in [-0.4, -0.2) is 17.4 Å². The van der Waals surface area contributed by atoms with Crippen molar-refractivity contribution in [2.75, 3.05) is 6.54 Å². The number of benzene rings is 1. The Hall–Kier alpha value is -1.31. The lowest BCUT2D eigenvalue weighted by Crippen LogP contribution is -2.53. The largest absolute Gasteiger partial charge is 0.333 e. The van der Waals surface area contributed by atoms with Gasteiger partial charge < -0.3 is 4.90 Å². The summed E-state index contributed by atoms with van der Waals surface area (Å²) >= 11 is 0. The molecule has 1 heterocycles. The van der Waals surface area contributed by atoms with Gasteiger partial charge in [-0.05, 0) is 33.3 Å². The molecule has 1 aromatic rings. The summed E-state index contributed by atoms with van der Waals surface area (Å²) in [7, 11) is 0. The minimum Gasteiger partial charge on any atom is -0.333 e. The third-order valence-corrected chi connectivity index (χ3v) is 3.45. The van der Waals surface area contributed by atoms with Crippen molar-refractivity contribution in [2.45, 2.75) is 39.7 Å². The average molecular weight is 217 g/mol. The molecule has 1 amide bonds. The van der Waals surface area contributed by atoms with Crippen LogP contribution in [0.4, 0.5) is 0 Å². The van der Waals surface area contributed by atoms with Gasteiger partial charge in [0.05, 0.1) is 5.54 Å². The topological polar surface area (TPSA) is 20.3 Å². The summed E-state index contributed by atoms with van der Waals surface area (Å²) in [5, 5.41) is 0. The Bertz CT molecular complexity index is 414. The van der Waals surface area contributed by atoms with Gasteiger partial charge in [-0.1, -0.05) is 29.3 Å². The lowest BCUT2D eigenvalue weighted by atomic mass is 9.87. The summed E-state index contributed by atoms with van der Waals surface area (Å²) in [4.78, 5) is 13.5. The first-order chi connectivity index (χ1) is 7.41. The van der Waals surface area contributed by atoms with E-state index in [-0.39, 0.29) is 11.4 Å². The summed E-state index contributed by atoms with van der Waals surface area (Å²) in [5.41, 5.74) is 3.58. The van der Waals surface area contributed by atoms with Gasteiger partial charge >= 0.3 is 0 Å². The highest BCUT2D eigenvalue weighted by atomic mass is 16.2. The molecule has 2 heteroatoms. The second kappa shape index (κ2) is 3.62. The number of nitrogens with zero attached hydrogens (tertiary/aromatic N) is 1. The molecule has 1 fully saturated rings. The van der Waals surface area contributed by atoms with E-state index in [2.05, 4.69) is 45.9 Å². The Kier molecular flexibility index (Phi) is 2.53. The third-order valence-electron chi connectivity index (χ3n) is 3.45. The van der Waals surface area contributed by atoms with Crippen molar-refractivity contribution in [3.05, 3.63) is 34.9 Å². The second-order valence-electron chi connectivity index (χ2n) is 5.23. The highest BCUT2D eigenvalue weighted by Gasteiger charge is 2.38. The van der Waals surface area contributed by atoms with Gasteiger partial charge in [-0.15, -0.1) is 0 Å². The quantitative estimate of drug-likeness (QED) is 0.697. The fourth-order valence-corrected chi connectivity index (χ4v) is 2.39. The van der Waals surface area contributed by atoms with Gasteiger partial charge in [0, 0.05) is 13.0 Å². The Labute approximate surface area is 97.3 Å². The summed E-state index contributed by atoms with van der Waals surface area (Å²) in [5.74, 6) is 0.268. The molecule has 0 radical (unpaired) electrons. The monoisotopic (exact) mass is 217 g/mol. The Morgan fingerprint density at radius 3 is 2.06 bits per heavy atom. The van der Waals surface area contributed by atoms with Crippen LogP contribution in [-0.2, 0) is 10.3 Å². The lowest BCUT2D eigenvalue weighted by molar-refractivity contribution is -0.147. The Balaban J connectivity index is 2.38. The minimum absolute atomic E-state index is 0.174. The van der Waals surface area contributed by atoms with Crippen molar-refractivity contribution >= 4 is 5.91 Å². The van der Waals surface area contributed by atoms with E-state index in [4.69, 9.17) is 0 Å². The molecule has 2 nitrogen and oxygen atoms in total.